The third kappa shape index (κ3) is 3.95. The van der Waals surface area contributed by atoms with E-state index in [2.05, 4.69) is 10.1 Å². The fraction of sp³-hybridized carbons (Fsp3) is 0.250. The number of rotatable bonds is 6. The zero-order valence-corrected chi connectivity index (χ0v) is 12.0. The molecule has 5 nitrogen and oxygen atoms in total. The highest BCUT2D eigenvalue weighted by atomic mass is 16.5. The Morgan fingerprint density at radius 2 is 2.05 bits per heavy atom. The number of amidine groups is 1. The van der Waals surface area contributed by atoms with Gasteiger partial charge >= 0.3 is 0 Å². The van der Waals surface area contributed by atoms with Crippen LogP contribution in [0, 0.1) is 6.92 Å². The van der Waals surface area contributed by atoms with Crippen molar-refractivity contribution in [2.24, 2.45) is 10.9 Å². The SMILES string of the molecule is Cc1cccc(/C(N)=N/O)c1OCCCc1ccncc1. The average molecular weight is 285 g/mol. The van der Waals surface area contributed by atoms with Gasteiger partial charge in [0.15, 0.2) is 5.84 Å². The van der Waals surface area contributed by atoms with Crippen molar-refractivity contribution in [2.45, 2.75) is 19.8 Å². The average Bonchev–Trinajstić information content (AvgIpc) is 2.53. The molecular weight excluding hydrogens is 266 g/mol. The molecule has 0 amide bonds. The standard InChI is InChI=1S/C16H19N3O2/c1-12-4-2-6-14(16(17)19-20)15(12)21-11-3-5-13-7-9-18-10-8-13/h2,4,6-10,20H,3,5,11H2,1H3,(H2,17,19). The Bertz CT molecular complexity index is 612. The molecule has 0 atom stereocenters. The number of hydrogen-bond donors (Lipinski definition) is 2. The number of nitrogens with zero attached hydrogens (tertiary/aromatic N) is 2. The zero-order valence-electron chi connectivity index (χ0n) is 12.0. The van der Waals surface area contributed by atoms with Crippen molar-refractivity contribution in [2.75, 3.05) is 6.61 Å². The third-order valence-corrected chi connectivity index (χ3v) is 3.20. The molecule has 2 aromatic rings. The Labute approximate surface area is 124 Å². The number of para-hydroxylation sites is 1. The van der Waals surface area contributed by atoms with E-state index in [9.17, 15) is 0 Å². The molecule has 110 valence electrons. The Balaban J connectivity index is 1.97. The molecule has 0 spiro atoms. The summed E-state index contributed by atoms with van der Waals surface area (Å²) in [7, 11) is 0. The van der Waals surface area contributed by atoms with E-state index < -0.39 is 0 Å². The van der Waals surface area contributed by atoms with Gasteiger partial charge in [0.05, 0.1) is 12.2 Å². The summed E-state index contributed by atoms with van der Waals surface area (Å²) in [4.78, 5) is 3.99. The van der Waals surface area contributed by atoms with Gasteiger partial charge in [0.2, 0.25) is 0 Å². The molecule has 0 radical (unpaired) electrons. The minimum Gasteiger partial charge on any atom is -0.493 e. The summed E-state index contributed by atoms with van der Waals surface area (Å²) < 4.78 is 5.83. The first-order chi connectivity index (χ1) is 10.2. The van der Waals surface area contributed by atoms with Gasteiger partial charge in [-0.3, -0.25) is 4.98 Å². The molecule has 5 heteroatoms. The van der Waals surface area contributed by atoms with Crippen LogP contribution in [0.2, 0.25) is 0 Å². The number of hydrogen-bond acceptors (Lipinski definition) is 4. The van der Waals surface area contributed by atoms with Crippen LogP contribution >= 0.6 is 0 Å². The number of nitrogens with two attached hydrogens (primary N) is 1. The van der Waals surface area contributed by atoms with Crippen molar-refractivity contribution in [3.8, 4) is 5.75 Å². The van der Waals surface area contributed by atoms with Gasteiger partial charge in [0.25, 0.3) is 0 Å². The van der Waals surface area contributed by atoms with Crippen molar-refractivity contribution < 1.29 is 9.94 Å². The normalized spacial score (nSPS) is 11.4. The smallest absolute Gasteiger partial charge is 0.173 e. The van der Waals surface area contributed by atoms with E-state index in [0.717, 1.165) is 18.4 Å². The fourth-order valence-corrected chi connectivity index (χ4v) is 2.10. The number of aryl methyl sites for hydroxylation is 2. The highest BCUT2D eigenvalue weighted by Gasteiger charge is 2.10. The van der Waals surface area contributed by atoms with Crippen molar-refractivity contribution in [3.05, 3.63) is 59.4 Å². The molecule has 1 aromatic heterocycles. The molecule has 1 heterocycles. The molecule has 3 N–H and O–H groups in total. The lowest BCUT2D eigenvalue weighted by Crippen LogP contribution is -2.16. The van der Waals surface area contributed by atoms with Gasteiger partial charge in [0, 0.05) is 12.4 Å². The van der Waals surface area contributed by atoms with Crippen LogP contribution in [-0.4, -0.2) is 22.6 Å². The van der Waals surface area contributed by atoms with Crippen LogP contribution in [0.3, 0.4) is 0 Å². The summed E-state index contributed by atoms with van der Waals surface area (Å²) in [5, 5.41) is 11.9. The van der Waals surface area contributed by atoms with Gasteiger partial charge in [-0.2, -0.15) is 0 Å². The maximum Gasteiger partial charge on any atom is 0.173 e. The summed E-state index contributed by atoms with van der Waals surface area (Å²) in [5.41, 5.74) is 8.48. The first kappa shape index (κ1) is 14.8. The lowest BCUT2D eigenvalue weighted by atomic mass is 10.1. The monoisotopic (exact) mass is 285 g/mol. The van der Waals surface area contributed by atoms with Crippen LogP contribution in [0.1, 0.15) is 23.1 Å². The van der Waals surface area contributed by atoms with Gasteiger partial charge < -0.3 is 15.7 Å². The van der Waals surface area contributed by atoms with Gasteiger partial charge in [-0.05, 0) is 49.1 Å². The highest BCUT2D eigenvalue weighted by molar-refractivity contribution is 5.99. The van der Waals surface area contributed by atoms with Crippen molar-refractivity contribution in [1.82, 2.24) is 4.98 Å². The van der Waals surface area contributed by atoms with Crippen molar-refractivity contribution >= 4 is 5.84 Å². The van der Waals surface area contributed by atoms with Gasteiger partial charge in [-0.15, -0.1) is 0 Å². The van der Waals surface area contributed by atoms with E-state index in [0.29, 0.717) is 17.9 Å². The quantitative estimate of drug-likeness (QED) is 0.281. The maximum absolute atomic E-state index is 8.83. The van der Waals surface area contributed by atoms with Gasteiger partial charge in [0.1, 0.15) is 5.75 Å². The molecule has 0 aliphatic carbocycles. The molecule has 1 aromatic carbocycles. The molecule has 21 heavy (non-hydrogen) atoms. The lowest BCUT2D eigenvalue weighted by molar-refractivity contribution is 0.305. The Kier molecular flexibility index (Phi) is 5.15. The summed E-state index contributed by atoms with van der Waals surface area (Å²) >= 11 is 0. The summed E-state index contributed by atoms with van der Waals surface area (Å²) in [6, 6.07) is 9.56. The van der Waals surface area contributed by atoms with Crippen LogP contribution in [0.15, 0.2) is 47.9 Å². The van der Waals surface area contributed by atoms with E-state index in [1.165, 1.54) is 5.56 Å². The van der Waals surface area contributed by atoms with Crippen LogP contribution in [0.4, 0.5) is 0 Å². The van der Waals surface area contributed by atoms with Crippen molar-refractivity contribution in [3.63, 3.8) is 0 Å². The molecule has 0 aliphatic heterocycles. The first-order valence-corrected chi connectivity index (χ1v) is 6.81. The highest BCUT2D eigenvalue weighted by Crippen LogP contribution is 2.23. The molecule has 0 aliphatic rings. The minimum atomic E-state index is 0.0582. The van der Waals surface area contributed by atoms with E-state index in [4.69, 9.17) is 15.7 Å². The predicted octanol–water partition coefficient (Wildman–Crippen LogP) is 2.50. The Morgan fingerprint density at radius 3 is 2.76 bits per heavy atom. The molecular formula is C16H19N3O2. The summed E-state index contributed by atoms with van der Waals surface area (Å²) in [6.07, 6.45) is 5.38. The number of oxime groups is 1. The first-order valence-electron chi connectivity index (χ1n) is 6.81. The molecule has 0 saturated heterocycles. The van der Waals surface area contributed by atoms with Crippen LogP contribution in [0.5, 0.6) is 5.75 Å². The second kappa shape index (κ2) is 7.28. The van der Waals surface area contributed by atoms with Gasteiger partial charge in [-0.25, -0.2) is 0 Å². The summed E-state index contributed by atoms with van der Waals surface area (Å²) in [6.45, 7) is 2.51. The zero-order chi connectivity index (χ0) is 15.1. The minimum absolute atomic E-state index is 0.0582. The molecule has 2 rings (SSSR count). The molecule has 0 saturated carbocycles. The number of pyridine rings is 1. The van der Waals surface area contributed by atoms with Crippen LogP contribution < -0.4 is 10.5 Å². The van der Waals surface area contributed by atoms with E-state index in [-0.39, 0.29) is 5.84 Å². The van der Waals surface area contributed by atoms with E-state index >= 15 is 0 Å². The number of aromatic nitrogens is 1. The van der Waals surface area contributed by atoms with E-state index in [1.807, 2.05) is 31.2 Å². The Morgan fingerprint density at radius 1 is 1.29 bits per heavy atom. The number of benzene rings is 1. The third-order valence-electron chi connectivity index (χ3n) is 3.20. The predicted molar refractivity (Wildman–Crippen MR) is 81.7 cm³/mol. The molecule has 0 unspecified atom stereocenters. The number of ether oxygens (including phenoxy) is 1. The van der Waals surface area contributed by atoms with E-state index in [1.54, 1.807) is 18.5 Å². The second-order valence-electron chi connectivity index (χ2n) is 4.74. The molecule has 0 bridgehead atoms. The maximum atomic E-state index is 8.83. The Hall–Kier alpha value is -2.56. The summed E-state index contributed by atoms with van der Waals surface area (Å²) in [5.74, 6) is 0.727. The van der Waals surface area contributed by atoms with Gasteiger partial charge in [-0.1, -0.05) is 17.3 Å². The largest absolute Gasteiger partial charge is 0.493 e. The van der Waals surface area contributed by atoms with Crippen LogP contribution in [-0.2, 0) is 6.42 Å². The molecule has 0 fully saturated rings. The second-order valence-corrected chi connectivity index (χ2v) is 4.74. The fourth-order valence-electron chi connectivity index (χ4n) is 2.10. The topological polar surface area (TPSA) is 80.7 Å². The van der Waals surface area contributed by atoms with Crippen molar-refractivity contribution in [1.29, 1.82) is 0 Å². The lowest BCUT2D eigenvalue weighted by Gasteiger charge is -2.13. The van der Waals surface area contributed by atoms with Crippen LogP contribution in [0.25, 0.3) is 0 Å².